The van der Waals surface area contributed by atoms with Gasteiger partial charge in [-0.2, -0.15) is 0 Å². The number of thiophene rings is 1. The van der Waals surface area contributed by atoms with Gasteiger partial charge in [0.1, 0.15) is 0 Å². The molecule has 0 N–H and O–H groups in total. The van der Waals surface area contributed by atoms with Crippen LogP contribution in [0.3, 0.4) is 0 Å². The summed E-state index contributed by atoms with van der Waals surface area (Å²) in [5, 5.41) is 5.19. The summed E-state index contributed by atoms with van der Waals surface area (Å²) in [6.45, 7) is 0. The summed E-state index contributed by atoms with van der Waals surface area (Å²) in [5.41, 5.74) is 10.6. The van der Waals surface area contributed by atoms with Crippen molar-refractivity contribution in [1.29, 1.82) is 0 Å². The molecule has 0 saturated heterocycles. The first-order valence-corrected chi connectivity index (χ1v) is 20.0. The van der Waals surface area contributed by atoms with Gasteiger partial charge >= 0.3 is 0 Å². The normalized spacial score (nSPS) is 22.0. The Morgan fingerprint density at radius 3 is 1.83 bits per heavy atom. The summed E-state index contributed by atoms with van der Waals surface area (Å²) < 4.78 is 2.65. The second-order valence-corrected chi connectivity index (χ2v) is 17.0. The highest BCUT2D eigenvalue weighted by Gasteiger charge is 2.51. The number of fused-ring (bicyclic) bond motifs is 4. The number of nitrogens with zero attached hydrogens (tertiary/aromatic N) is 1. The van der Waals surface area contributed by atoms with Gasteiger partial charge in [-0.3, -0.25) is 0 Å². The number of benzene rings is 7. The van der Waals surface area contributed by atoms with Crippen LogP contribution in [0.25, 0.3) is 53.2 Å². The van der Waals surface area contributed by atoms with Crippen molar-refractivity contribution in [2.45, 2.75) is 43.9 Å². The maximum absolute atomic E-state index is 2.56. The molecule has 0 unspecified atom stereocenters. The molecule has 0 aliphatic heterocycles. The van der Waals surface area contributed by atoms with E-state index >= 15 is 0 Å². The Kier molecular flexibility index (Phi) is 6.99. The number of anilines is 3. The van der Waals surface area contributed by atoms with Gasteiger partial charge in [0, 0.05) is 31.4 Å². The van der Waals surface area contributed by atoms with Gasteiger partial charge in [-0.1, -0.05) is 121 Å². The van der Waals surface area contributed by atoms with E-state index in [0.29, 0.717) is 5.41 Å². The van der Waals surface area contributed by atoms with E-state index in [0.717, 1.165) is 17.8 Å². The van der Waals surface area contributed by atoms with Crippen LogP contribution in [0.1, 0.15) is 44.1 Å². The highest BCUT2D eigenvalue weighted by Crippen LogP contribution is 2.61. The number of para-hydroxylation sites is 1. The summed E-state index contributed by atoms with van der Waals surface area (Å²) in [7, 11) is 0. The van der Waals surface area contributed by atoms with Crippen LogP contribution >= 0.6 is 11.3 Å². The lowest BCUT2D eigenvalue weighted by molar-refractivity contribution is -0.00518. The third-order valence-corrected chi connectivity index (χ3v) is 14.0. The number of rotatable bonds is 6. The minimum atomic E-state index is 0.371. The highest BCUT2D eigenvalue weighted by atomic mass is 32.1. The Balaban J connectivity index is 1.14. The molecule has 2 heteroatoms. The van der Waals surface area contributed by atoms with Crippen LogP contribution in [0.5, 0.6) is 0 Å². The zero-order valence-corrected chi connectivity index (χ0v) is 30.2. The average Bonchev–Trinajstić information content (AvgIpc) is 3.57. The van der Waals surface area contributed by atoms with Crippen LogP contribution in [0.4, 0.5) is 17.1 Å². The predicted octanol–water partition coefficient (Wildman–Crippen LogP) is 14.5. The molecule has 12 rings (SSSR count). The fourth-order valence-corrected chi connectivity index (χ4v) is 12.2. The van der Waals surface area contributed by atoms with Crippen molar-refractivity contribution in [2.24, 2.45) is 17.8 Å². The summed E-state index contributed by atoms with van der Waals surface area (Å²) in [4.78, 5) is 2.56. The molecule has 4 aliphatic carbocycles. The van der Waals surface area contributed by atoms with E-state index in [1.165, 1.54) is 109 Å². The van der Waals surface area contributed by atoms with Gasteiger partial charge in [0.25, 0.3) is 0 Å². The molecule has 0 spiro atoms. The molecule has 7 aromatic carbocycles. The lowest BCUT2D eigenvalue weighted by Crippen LogP contribution is -2.48. The van der Waals surface area contributed by atoms with Gasteiger partial charge in [-0.15, -0.1) is 11.3 Å². The van der Waals surface area contributed by atoms with Gasteiger partial charge in [0.05, 0.1) is 11.4 Å². The maximum atomic E-state index is 2.56. The van der Waals surface area contributed by atoms with Crippen LogP contribution in [0, 0.1) is 17.8 Å². The molecule has 1 heterocycles. The fourth-order valence-electron chi connectivity index (χ4n) is 11.1. The zero-order valence-electron chi connectivity index (χ0n) is 29.3. The summed E-state index contributed by atoms with van der Waals surface area (Å²) in [6.07, 6.45) is 8.57. The topological polar surface area (TPSA) is 3.24 Å². The van der Waals surface area contributed by atoms with E-state index in [-0.39, 0.29) is 0 Å². The molecule has 52 heavy (non-hydrogen) atoms. The molecule has 4 aliphatic rings. The van der Waals surface area contributed by atoms with E-state index in [9.17, 15) is 0 Å². The molecule has 8 aromatic rings. The fraction of sp³-hybridized carbons (Fsp3) is 0.200. The summed E-state index contributed by atoms with van der Waals surface area (Å²) >= 11 is 1.89. The van der Waals surface area contributed by atoms with E-state index in [1.807, 2.05) is 11.3 Å². The minimum Gasteiger partial charge on any atom is -0.309 e. The van der Waals surface area contributed by atoms with Crippen molar-refractivity contribution in [3.8, 4) is 22.3 Å². The van der Waals surface area contributed by atoms with Gasteiger partial charge in [-0.25, -0.2) is 0 Å². The number of hydrogen-bond acceptors (Lipinski definition) is 2. The first-order chi connectivity index (χ1) is 25.7. The minimum absolute atomic E-state index is 0.371. The van der Waals surface area contributed by atoms with Gasteiger partial charge in [0.15, 0.2) is 0 Å². The Morgan fingerprint density at radius 1 is 0.462 bits per heavy atom. The molecule has 0 atom stereocenters. The lowest BCUT2D eigenvalue weighted by Gasteiger charge is -2.57. The summed E-state index contributed by atoms with van der Waals surface area (Å²) in [5.74, 6) is 2.79. The third kappa shape index (κ3) is 4.81. The van der Waals surface area contributed by atoms with E-state index in [1.54, 1.807) is 5.56 Å². The standard InChI is InChI=1S/C50H41NS/c1-2-11-36(12-3-1)40-17-8-13-37-14-9-18-42(48(37)40)41-15-4-6-19-44(41)51(45-20-10-22-47-49(45)43-16-5-7-21-46(43)52-47)39-25-23-38(24-26-39)50-30-33-27-34(31-50)29-35(28-33)32-50/h1-26,33-35H,27-32H2. The Hall–Kier alpha value is -5.18. The molecule has 0 amide bonds. The second kappa shape index (κ2) is 11.9. The monoisotopic (exact) mass is 687 g/mol. The average molecular weight is 688 g/mol. The molecule has 0 radical (unpaired) electrons. The van der Waals surface area contributed by atoms with Crippen molar-refractivity contribution < 1.29 is 0 Å². The van der Waals surface area contributed by atoms with Crippen LogP contribution in [0.2, 0.25) is 0 Å². The van der Waals surface area contributed by atoms with Crippen LogP contribution in [-0.2, 0) is 5.41 Å². The first-order valence-electron chi connectivity index (χ1n) is 19.2. The molecular formula is C50H41NS. The molecule has 4 bridgehead atoms. The van der Waals surface area contributed by atoms with Crippen molar-refractivity contribution in [3.05, 3.63) is 163 Å². The molecule has 1 aromatic heterocycles. The summed E-state index contributed by atoms with van der Waals surface area (Å²) in [6, 6.07) is 59.2. The van der Waals surface area contributed by atoms with Crippen LogP contribution < -0.4 is 4.90 Å². The molecule has 1 nitrogen and oxygen atoms in total. The quantitative estimate of drug-likeness (QED) is 0.168. The van der Waals surface area contributed by atoms with Crippen molar-refractivity contribution >= 4 is 59.3 Å². The lowest BCUT2D eigenvalue weighted by atomic mass is 9.48. The largest absolute Gasteiger partial charge is 0.309 e. The Bertz CT molecular complexity index is 2570. The van der Waals surface area contributed by atoms with Crippen molar-refractivity contribution in [3.63, 3.8) is 0 Å². The van der Waals surface area contributed by atoms with Crippen LogP contribution in [0.15, 0.2) is 158 Å². The predicted molar refractivity (Wildman–Crippen MR) is 222 cm³/mol. The highest BCUT2D eigenvalue weighted by molar-refractivity contribution is 7.26. The van der Waals surface area contributed by atoms with Crippen LogP contribution in [-0.4, -0.2) is 0 Å². The Morgan fingerprint density at radius 2 is 1.06 bits per heavy atom. The van der Waals surface area contributed by atoms with Crippen molar-refractivity contribution in [1.82, 2.24) is 0 Å². The van der Waals surface area contributed by atoms with E-state index in [2.05, 4.69) is 163 Å². The Labute approximate surface area is 310 Å². The molecule has 252 valence electrons. The molecule has 4 fully saturated rings. The maximum Gasteiger partial charge on any atom is 0.0555 e. The third-order valence-electron chi connectivity index (χ3n) is 12.8. The number of hydrogen-bond donors (Lipinski definition) is 0. The molecular weight excluding hydrogens is 647 g/mol. The van der Waals surface area contributed by atoms with Gasteiger partial charge in [0.2, 0.25) is 0 Å². The van der Waals surface area contributed by atoms with E-state index < -0.39 is 0 Å². The molecule has 4 saturated carbocycles. The van der Waals surface area contributed by atoms with Gasteiger partial charge in [-0.05, 0) is 131 Å². The van der Waals surface area contributed by atoms with E-state index in [4.69, 9.17) is 0 Å². The smallest absolute Gasteiger partial charge is 0.0555 e. The second-order valence-electron chi connectivity index (χ2n) is 15.9. The van der Waals surface area contributed by atoms with Crippen molar-refractivity contribution in [2.75, 3.05) is 4.90 Å². The van der Waals surface area contributed by atoms with Gasteiger partial charge < -0.3 is 4.90 Å². The first kappa shape index (κ1) is 30.4. The SMILES string of the molecule is c1ccc(-c2cccc3cccc(-c4ccccc4N(c4ccc(C56CC7CC(CC(C7)C5)C6)cc4)c4cccc5sc6ccccc6c45)c23)cc1. The zero-order chi connectivity index (χ0) is 34.2.